The second-order valence-corrected chi connectivity index (χ2v) is 7.35. The zero-order valence-corrected chi connectivity index (χ0v) is 12.4. The highest BCUT2D eigenvalue weighted by atomic mass is 35.5. The van der Waals surface area contributed by atoms with Crippen molar-refractivity contribution >= 4 is 27.4 Å². The number of carboxylic acids is 1. The predicted molar refractivity (Wildman–Crippen MR) is 75.7 cm³/mol. The summed E-state index contributed by atoms with van der Waals surface area (Å²) in [5.74, 6) is -0.968. The van der Waals surface area contributed by atoms with E-state index in [1.54, 1.807) is 4.90 Å². The van der Waals surface area contributed by atoms with Crippen molar-refractivity contribution in [2.45, 2.75) is 23.8 Å². The quantitative estimate of drug-likeness (QED) is 0.894. The monoisotopic (exact) mass is 317 g/mol. The highest BCUT2D eigenvalue weighted by molar-refractivity contribution is 7.91. The van der Waals surface area contributed by atoms with Crippen molar-refractivity contribution in [2.24, 2.45) is 0 Å². The highest BCUT2D eigenvalue weighted by Gasteiger charge is 2.31. The molecule has 0 bridgehead atoms. The second-order valence-electron chi connectivity index (χ2n) is 4.81. The summed E-state index contributed by atoms with van der Waals surface area (Å²) in [6, 6.07) is 5.44. The largest absolute Gasteiger partial charge is 0.480 e. The van der Waals surface area contributed by atoms with Crippen LogP contribution >= 0.6 is 11.6 Å². The summed E-state index contributed by atoms with van der Waals surface area (Å²) in [5, 5.41) is 9.54. The van der Waals surface area contributed by atoms with Gasteiger partial charge in [0.25, 0.3) is 0 Å². The number of halogens is 1. The van der Waals surface area contributed by atoms with E-state index in [4.69, 9.17) is 16.7 Å². The third-order valence-electron chi connectivity index (χ3n) is 3.47. The molecular formula is C13H16ClNO4S. The first-order valence-corrected chi connectivity index (χ1v) is 8.38. The van der Waals surface area contributed by atoms with Crippen molar-refractivity contribution in [3.05, 3.63) is 29.3 Å². The maximum atomic E-state index is 12.2. The standard InChI is InChI=1S/C13H16ClNO4S/c14-10-3-5-11(6-4-10)20(18,19)9-8-15-7-1-2-12(15)13(16)17/h3-6,12H,1-2,7-9H2,(H,16,17). The topological polar surface area (TPSA) is 74.7 Å². The Morgan fingerprint density at radius 3 is 2.60 bits per heavy atom. The van der Waals surface area contributed by atoms with Crippen LogP contribution in [0.25, 0.3) is 0 Å². The molecule has 1 atom stereocenters. The van der Waals surface area contributed by atoms with Gasteiger partial charge >= 0.3 is 5.97 Å². The SMILES string of the molecule is O=C(O)C1CCCN1CCS(=O)(=O)c1ccc(Cl)cc1. The number of benzene rings is 1. The summed E-state index contributed by atoms with van der Waals surface area (Å²) in [5.41, 5.74) is 0. The van der Waals surface area contributed by atoms with E-state index in [1.807, 2.05) is 0 Å². The Bertz CT molecular complexity index is 585. The van der Waals surface area contributed by atoms with Crippen LogP contribution < -0.4 is 0 Å². The Balaban J connectivity index is 2.02. The molecule has 1 aromatic carbocycles. The van der Waals surface area contributed by atoms with Crippen molar-refractivity contribution in [1.82, 2.24) is 4.90 Å². The molecule has 1 heterocycles. The molecule has 1 unspecified atom stereocenters. The molecule has 0 saturated carbocycles. The molecule has 20 heavy (non-hydrogen) atoms. The van der Waals surface area contributed by atoms with E-state index < -0.39 is 21.8 Å². The van der Waals surface area contributed by atoms with Gasteiger partial charge in [-0.3, -0.25) is 9.69 Å². The van der Waals surface area contributed by atoms with Crippen LogP contribution in [0, 0.1) is 0 Å². The molecule has 5 nitrogen and oxygen atoms in total. The molecule has 1 aliphatic rings. The van der Waals surface area contributed by atoms with Crippen LogP contribution in [0.4, 0.5) is 0 Å². The predicted octanol–water partition coefficient (Wildman–Crippen LogP) is 1.66. The molecule has 2 rings (SSSR count). The highest BCUT2D eigenvalue weighted by Crippen LogP contribution is 2.19. The summed E-state index contributed by atoms with van der Waals surface area (Å²) in [6.45, 7) is 0.870. The van der Waals surface area contributed by atoms with E-state index in [0.717, 1.165) is 6.42 Å². The van der Waals surface area contributed by atoms with Gasteiger partial charge in [0.2, 0.25) is 0 Å². The fourth-order valence-electron chi connectivity index (χ4n) is 2.37. The van der Waals surface area contributed by atoms with E-state index >= 15 is 0 Å². The van der Waals surface area contributed by atoms with Gasteiger partial charge in [-0.2, -0.15) is 0 Å². The van der Waals surface area contributed by atoms with Gasteiger partial charge in [-0.15, -0.1) is 0 Å². The van der Waals surface area contributed by atoms with E-state index in [9.17, 15) is 13.2 Å². The van der Waals surface area contributed by atoms with Gasteiger partial charge in [0, 0.05) is 11.6 Å². The summed E-state index contributed by atoms with van der Waals surface area (Å²) >= 11 is 5.73. The second kappa shape index (κ2) is 6.11. The van der Waals surface area contributed by atoms with Gasteiger partial charge in [0.15, 0.2) is 9.84 Å². The van der Waals surface area contributed by atoms with Gasteiger partial charge in [0.1, 0.15) is 6.04 Å². The average molecular weight is 318 g/mol. The first-order valence-electron chi connectivity index (χ1n) is 6.35. The van der Waals surface area contributed by atoms with Crippen LogP contribution in [0.15, 0.2) is 29.2 Å². The molecule has 7 heteroatoms. The normalized spacial score (nSPS) is 20.1. The first-order chi connectivity index (χ1) is 9.40. The van der Waals surface area contributed by atoms with Gasteiger partial charge in [0.05, 0.1) is 10.6 Å². The fraction of sp³-hybridized carbons (Fsp3) is 0.462. The number of rotatable bonds is 5. The zero-order valence-electron chi connectivity index (χ0n) is 10.8. The maximum absolute atomic E-state index is 12.2. The van der Waals surface area contributed by atoms with Crippen LogP contribution in [0.2, 0.25) is 5.02 Å². The average Bonchev–Trinajstić information content (AvgIpc) is 2.85. The number of likely N-dealkylation sites (tertiary alicyclic amines) is 1. The Morgan fingerprint density at radius 1 is 1.35 bits per heavy atom. The van der Waals surface area contributed by atoms with Gasteiger partial charge in [-0.05, 0) is 43.7 Å². The molecule has 0 aromatic heterocycles. The van der Waals surface area contributed by atoms with E-state index in [-0.39, 0.29) is 17.2 Å². The molecule has 0 spiro atoms. The number of carboxylic acid groups (broad SMARTS) is 1. The Morgan fingerprint density at radius 2 is 2.00 bits per heavy atom. The number of carbonyl (C=O) groups is 1. The molecule has 1 aromatic rings. The van der Waals surface area contributed by atoms with Crippen LogP contribution in [0.3, 0.4) is 0 Å². The molecule has 0 amide bonds. The van der Waals surface area contributed by atoms with Crippen molar-refractivity contribution in [1.29, 1.82) is 0 Å². The van der Waals surface area contributed by atoms with Gasteiger partial charge < -0.3 is 5.11 Å². The van der Waals surface area contributed by atoms with Gasteiger partial charge in [-0.25, -0.2) is 8.42 Å². The lowest BCUT2D eigenvalue weighted by Gasteiger charge is -2.20. The van der Waals surface area contributed by atoms with Crippen molar-refractivity contribution in [3.8, 4) is 0 Å². The summed E-state index contributed by atoms with van der Waals surface area (Å²) < 4.78 is 24.3. The third kappa shape index (κ3) is 3.50. The minimum Gasteiger partial charge on any atom is -0.480 e. The van der Waals surface area contributed by atoms with E-state index in [1.165, 1.54) is 24.3 Å². The molecule has 1 N–H and O–H groups in total. The number of aliphatic carboxylic acids is 1. The minimum atomic E-state index is -3.41. The number of sulfone groups is 1. The van der Waals surface area contributed by atoms with E-state index in [0.29, 0.717) is 18.0 Å². The van der Waals surface area contributed by atoms with Crippen molar-refractivity contribution in [2.75, 3.05) is 18.8 Å². The maximum Gasteiger partial charge on any atom is 0.320 e. The Labute approximate surface area is 123 Å². The number of nitrogens with zero attached hydrogens (tertiary/aromatic N) is 1. The summed E-state index contributed by atoms with van der Waals surface area (Å²) in [6.07, 6.45) is 1.37. The molecule has 1 fully saturated rings. The molecule has 110 valence electrons. The number of hydrogen-bond acceptors (Lipinski definition) is 4. The molecule has 0 aliphatic carbocycles. The van der Waals surface area contributed by atoms with Crippen molar-refractivity contribution < 1.29 is 18.3 Å². The van der Waals surface area contributed by atoms with Crippen LogP contribution in [0.1, 0.15) is 12.8 Å². The van der Waals surface area contributed by atoms with Gasteiger partial charge in [-0.1, -0.05) is 11.6 Å². The Kier molecular flexibility index (Phi) is 4.67. The fourth-order valence-corrected chi connectivity index (χ4v) is 3.76. The first kappa shape index (κ1) is 15.3. The number of hydrogen-bond donors (Lipinski definition) is 1. The molecular weight excluding hydrogens is 302 g/mol. The lowest BCUT2D eigenvalue weighted by molar-refractivity contribution is -0.142. The zero-order chi connectivity index (χ0) is 14.8. The van der Waals surface area contributed by atoms with Crippen LogP contribution in [0.5, 0.6) is 0 Å². The van der Waals surface area contributed by atoms with Crippen molar-refractivity contribution in [3.63, 3.8) is 0 Å². The summed E-state index contributed by atoms with van der Waals surface area (Å²) in [7, 11) is -3.41. The minimum absolute atomic E-state index is 0.0849. The lowest BCUT2D eigenvalue weighted by Crippen LogP contribution is -2.38. The van der Waals surface area contributed by atoms with Crippen LogP contribution in [-0.4, -0.2) is 49.3 Å². The summed E-state index contributed by atoms with van der Waals surface area (Å²) in [4.78, 5) is 13.0. The van der Waals surface area contributed by atoms with E-state index in [2.05, 4.69) is 0 Å². The third-order valence-corrected chi connectivity index (χ3v) is 5.43. The Hall–Kier alpha value is -1.11. The smallest absolute Gasteiger partial charge is 0.320 e. The molecule has 1 aliphatic heterocycles. The molecule has 0 radical (unpaired) electrons. The lowest BCUT2D eigenvalue weighted by atomic mass is 10.2. The van der Waals surface area contributed by atoms with Crippen LogP contribution in [-0.2, 0) is 14.6 Å². The molecule has 1 saturated heterocycles.